The number of hydrogen-bond acceptors (Lipinski definition) is 3. The molecule has 0 spiro atoms. The number of methoxy groups -OCH3 is 1. The van der Waals surface area contributed by atoms with E-state index >= 15 is 0 Å². The Morgan fingerprint density at radius 1 is 1.30 bits per heavy atom. The van der Waals surface area contributed by atoms with Gasteiger partial charge in [-0.3, -0.25) is 4.79 Å². The van der Waals surface area contributed by atoms with E-state index in [1.807, 2.05) is 19.1 Å². The topological polar surface area (TPSA) is 67.4 Å². The summed E-state index contributed by atoms with van der Waals surface area (Å²) in [6.45, 7) is 1.98. The first-order valence-corrected chi connectivity index (χ1v) is 6.72. The molecule has 1 aromatic rings. The number of alkyl carbamates (subject to hydrolysis) is 1. The molecule has 0 saturated heterocycles. The van der Waals surface area contributed by atoms with Crippen LogP contribution in [0.1, 0.15) is 24.5 Å². The summed E-state index contributed by atoms with van der Waals surface area (Å²) in [5, 5.41) is 5.39. The number of rotatable bonds is 3. The fraction of sp³-hybridized carbons (Fsp3) is 0.467. The van der Waals surface area contributed by atoms with Crippen molar-refractivity contribution in [3.05, 3.63) is 35.4 Å². The highest BCUT2D eigenvalue weighted by Crippen LogP contribution is 2.28. The Morgan fingerprint density at radius 2 is 2.00 bits per heavy atom. The largest absolute Gasteiger partial charge is 0.453 e. The second kappa shape index (κ2) is 5.94. The molecule has 1 aliphatic carbocycles. The maximum Gasteiger partial charge on any atom is 0.407 e. The zero-order valence-electron chi connectivity index (χ0n) is 11.9. The van der Waals surface area contributed by atoms with Crippen molar-refractivity contribution in [2.24, 2.45) is 0 Å². The zero-order valence-corrected chi connectivity index (χ0v) is 11.9. The number of benzene rings is 1. The fourth-order valence-electron chi connectivity index (χ4n) is 2.61. The standard InChI is InChI=1S/C15H20N2O3/c1-15(17-13(18)10-16-14(19)20-2)8-7-11-5-3-4-6-12(11)9-15/h3-6H,7-10H2,1-2H3,(H,16,19)(H,17,18). The van der Waals surface area contributed by atoms with Crippen molar-refractivity contribution in [2.45, 2.75) is 31.7 Å². The Morgan fingerprint density at radius 3 is 2.70 bits per heavy atom. The lowest BCUT2D eigenvalue weighted by atomic mass is 9.79. The Balaban J connectivity index is 1.93. The molecule has 0 aromatic heterocycles. The summed E-state index contributed by atoms with van der Waals surface area (Å²) in [4.78, 5) is 22.8. The van der Waals surface area contributed by atoms with E-state index in [-0.39, 0.29) is 18.0 Å². The average molecular weight is 276 g/mol. The molecule has 5 heteroatoms. The molecule has 0 radical (unpaired) electrons. The van der Waals surface area contributed by atoms with Gasteiger partial charge in [-0.25, -0.2) is 4.79 Å². The SMILES string of the molecule is COC(=O)NCC(=O)NC1(C)CCc2ccccc2C1. The molecular weight excluding hydrogens is 256 g/mol. The van der Waals surface area contributed by atoms with Gasteiger partial charge in [-0.1, -0.05) is 24.3 Å². The van der Waals surface area contributed by atoms with Crippen LogP contribution in [0.5, 0.6) is 0 Å². The van der Waals surface area contributed by atoms with Gasteiger partial charge in [0.2, 0.25) is 5.91 Å². The quantitative estimate of drug-likeness (QED) is 0.877. The second-order valence-electron chi connectivity index (χ2n) is 5.40. The minimum Gasteiger partial charge on any atom is -0.453 e. The van der Waals surface area contributed by atoms with Crippen LogP contribution in [0.15, 0.2) is 24.3 Å². The number of carbonyl (C=O) groups is 2. The first kappa shape index (κ1) is 14.4. The third kappa shape index (κ3) is 3.50. The summed E-state index contributed by atoms with van der Waals surface area (Å²) in [6, 6.07) is 8.30. The second-order valence-corrected chi connectivity index (χ2v) is 5.40. The lowest BCUT2D eigenvalue weighted by molar-refractivity contribution is -0.122. The Labute approximate surface area is 118 Å². The Bertz CT molecular complexity index is 516. The minimum absolute atomic E-state index is 0.0656. The van der Waals surface area contributed by atoms with Crippen LogP contribution in [-0.4, -0.2) is 31.2 Å². The van der Waals surface area contributed by atoms with E-state index in [9.17, 15) is 9.59 Å². The summed E-state index contributed by atoms with van der Waals surface area (Å²) in [7, 11) is 1.27. The lowest BCUT2D eigenvalue weighted by Gasteiger charge is -2.35. The highest BCUT2D eigenvalue weighted by molar-refractivity contribution is 5.82. The van der Waals surface area contributed by atoms with E-state index in [0.717, 1.165) is 19.3 Å². The van der Waals surface area contributed by atoms with Gasteiger partial charge >= 0.3 is 6.09 Å². The number of nitrogens with one attached hydrogen (secondary N) is 2. The van der Waals surface area contributed by atoms with Crippen LogP contribution in [0, 0.1) is 0 Å². The van der Waals surface area contributed by atoms with Crippen LogP contribution >= 0.6 is 0 Å². The molecule has 5 nitrogen and oxygen atoms in total. The molecule has 0 aliphatic heterocycles. The molecule has 20 heavy (non-hydrogen) atoms. The van der Waals surface area contributed by atoms with E-state index in [4.69, 9.17) is 0 Å². The number of fused-ring (bicyclic) bond motifs is 1. The Hall–Kier alpha value is -2.04. The van der Waals surface area contributed by atoms with Crippen LogP contribution < -0.4 is 10.6 Å². The van der Waals surface area contributed by atoms with Gasteiger partial charge in [0.05, 0.1) is 7.11 Å². The molecule has 0 bridgehead atoms. The van der Waals surface area contributed by atoms with Crippen LogP contribution in [0.4, 0.5) is 4.79 Å². The zero-order chi connectivity index (χ0) is 14.6. The number of amides is 2. The van der Waals surface area contributed by atoms with Gasteiger partial charge in [0.25, 0.3) is 0 Å². The average Bonchev–Trinajstić information content (AvgIpc) is 2.44. The van der Waals surface area contributed by atoms with E-state index in [1.165, 1.54) is 18.2 Å². The molecule has 108 valence electrons. The number of aryl methyl sites for hydroxylation is 1. The summed E-state index contributed by atoms with van der Waals surface area (Å²) >= 11 is 0. The van der Waals surface area contributed by atoms with Gasteiger partial charge in [-0.15, -0.1) is 0 Å². The molecule has 0 saturated carbocycles. The highest BCUT2D eigenvalue weighted by atomic mass is 16.5. The van der Waals surface area contributed by atoms with Crippen molar-refractivity contribution in [2.75, 3.05) is 13.7 Å². The maximum absolute atomic E-state index is 11.9. The molecule has 0 fully saturated rings. The first-order chi connectivity index (χ1) is 9.52. The van der Waals surface area contributed by atoms with Crippen molar-refractivity contribution < 1.29 is 14.3 Å². The molecule has 2 N–H and O–H groups in total. The molecule has 1 aromatic carbocycles. The van der Waals surface area contributed by atoms with Gasteiger partial charge in [0.15, 0.2) is 0 Å². The van der Waals surface area contributed by atoms with E-state index < -0.39 is 6.09 Å². The molecule has 0 heterocycles. The molecule has 2 rings (SSSR count). The van der Waals surface area contributed by atoms with E-state index in [2.05, 4.69) is 27.5 Å². The monoisotopic (exact) mass is 276 g/mol. The van der Waals surface area contributed by atoms with Crippen LogP contribution in [0.3, 0.4) is 0 Å². The van der Waals surface area contributed by atoms with Crippen molar-refractivity contribution in [1.82, 2.24) is 10.6 Å². The summed E-state index contributed by atoms with van der Waals surface area (Å²) in [6.07, 6.45) is 2.07. The molecule has 1 aliphatic rings. The molecular formula is C15H20N2O3. The lowest BCUT2D eigenvalue weighted by Crippen LogP contribution is -2.52. The van der Waals surface area contributed by atoms with Crippen molar-refractivity contribution in [1.29, 1.82) is 0 Å². The molecule has 2 amide bonds. The van der Waals surface area contributed by atoms with E-state index in [1.54, 1.807) is 0 Å². The smallest absolute Gasteiger partial charge is 0.407 e. The maximum atomic E-state index is 11.9. The van der Waals surface area contributed by atoms with Crippen molar-refractivity contribution in [3.8, 4) is 0 Å². The predicted octanol–water partition coefficient (Wildman–Crippen LogP) is 1.41. The summed E-state index contributed by atoms with van der Waals surface area (Å²) in [5.41, 5.74) is 2.37. The summed E-state index contributed by atoms with van der Waals surface area (Å²) in [5.74, 6) is -0.197. The van der Waals surface area contributed by atoms with Crippen molar-refractivity contribution >= 4 is 12.0 Å². The molecule has 1 atom stereocenters. The normalized spacial score (nSPS) is 20.7. The Kier molecular flexibility index (Phi) is 4.27. The number of carbonyl (C=O) groups excluding carboxylic acids is 2. The number of ether oxygens (including phenoxy) is 1. The third-order valence-electron chi connectivity index (χ3n) is 3.66. The molecule has 1 unspecified atom stereocenters. The highest BCUT2D eigenvalue weighted by Gasteiger charge is 2.31. The number of hydrogen-bond donors (Lipinski definition) is 2. The van der Waals surface area contributed by atoms with Crippen LogP contribution in [0.25, 0.3) is 0 Å². The van der Waals surface area contributed by atoms with Gasteiger partial charge < -0.3 is 15.4 Å². The van der Waals surface area contributed by atoms with Crippen LogP contribution in [0.2, 0.25) is 0 Å². The summed E-state index contributed by atoms with van der Waals surface area (Å²) < 4.78 is 4.43. The van der Waals surface area contributed by atoms with E-state index in [0.29, 0.717) is 0 Å². The third-order valence-corrected chi connectivity index (χ3v) is 3.66. The van der Waals surface area contributed by atoms with Gasteiger partial charge in [-0.05, 0) is 37.3 Å². The first-order valence-electron chi connectivity index (χ1n) is 6.72. The fourth-order valence-corrected chi connectivity index (χ4v) is 2.61. The van der Waals surface area contributed by atoms with Gasteiger partial charge in [0, 0.05) is 5.54 Å². The minimum atomic E-state index is -0.598. The van der Waals surface area contributed by atoms with Gasteiger partial charge in [0.1, 0.15) is 6.54 Å². The van der Waals surface area contributed by atoms with Crippen molar-refractivity contribution in [3.63, 3.8) is 0 Å². The predicted molar refractivity (Wildman–Crippen MR) is 75.4 cm³/mol. The van der Waals surface area contributed by atoms with Gasteiger partial charge in [-0.2, -0.15) is 0 Å². The van der Waals surface area contributed by atoms with Crippen LogP contribution in [-0.2, 0) is 22.4 Å².